The Morgan fingerprint density at radius 1 is 1.70 bits per heavy atom. The molecular weight excluding hydrogens is 146 g/mol. The SMILES string of the molecule is CN(C)C=NC1=NCCS1. The number of aliphatic imine (C=N–C) groups is 2. The minimum Gasteiger partial charge on any atom is -0.369 e. The lowest BCUT2D eigenvalue weighted by molar-refractivity contribution is 0.644. The van der Waals surface area contributed by atoms with Crippen LogP contribution in [0.5, 0.6) is 0 Å². The Balaban J connectivity index is 2.37. The van der Waals surface area contributed by atoms with Crippen molar-refractivity contribution >= 4 is 23.3 Å². The van der Waals surface area contributed by atoms with Crippen LogP contribution in [0.3, 0.4) is 0 Å². The van der Waals surface area contributed by atoms with E-state index in [1.54, 1.807) is 18.1 Å². The van der Waals surface area contributed by atoms with Crippen LogP contribution in [0.4, 0.5) is 0 Å². The normalized spacial score (nSPS) is 18.0. The molecule has 3 nitrogen and oxygen atoms in total. The van der Waals surface area contributed by atoms with Crippen LogP contribution in [0, 0.1) is 0 Å². The van der Waals surface area contributed by atoms with Gasteiger partial charge in [0.15, 0.2) is 5.17 Å². The first-order chi connectivity index (χ1) is 4.79. The van der Waals surface area contributed by atoms with Gasteiger partial charge in [0, 0.05) is 19.8 Å². The summed E-state index contributed by atoms with van der Waals surface area (Å²) < 4.78 is 0. The van der Waals surface area contributed by atoms with Gasteiger partial charge in [0.2, 0.25) is 0 Å². The molecule has 0 aliphatic carbocycles. The molecule has 0 saturated heterocycles. The van der Waals surface area contributed by atoms with Gasteiger partial charge in [-0.1, -0.05) is 11.8 Å². The largest absolute Gasteiger partial charge is 0.369 e. The van der Waals surface area contributed by atoms with Crippen molar-refractivity contribution < 1.29 is 0 Å². The maximum atomic E-state index is 4.16. The van der Waals surface area contributed by atoms with E-state index < -0.39 is 0 Å². The van der Waals surface area contributed by atoms with E-state index in [4.69, 9.17) is 0 Å². The van der Waals surface area contributed by atoms with Gasteiger partial charge >= 0.3 is 0 Å². The highest BCUT2D eigenvalue weighted by Gasteiger charge is 2.02. The average Bonchev–Trinajstić information content (AvgIpc) is 2.34. The van der Waals surface area contributed by atoms with Crippen molar-refractivity contribution in [1.29, 1.82) is 0 Å². The molecule has 0 aromatic carbocycles. The Bertz CT molecular complexity index is 162. The van der Waals surface area contributed by atoms with Gasteiger partial charge in [-0.25, -0.2) is 4.99 Å². The second-order valence-corrected chi connectivity index (χ2v) is 3.28. The first kappa shape index (κ1) is 7.60. The van der Waals surface area contributed by atoms with Gasteiger partial charge in [-0.15, -0.1) is 0 Å². The van der Waals surface area contributed by atoms with Crippen molar-refractivity contribution in [3.05, 3.63) is 0 Å². The summed E-state index contributed by atoms with van der Waals surface area (Å²) >= 11 is 1.71. The van der Waals surface area contributed by atoms with E-state index in [-0.39, 0.29) is 0 Å². The predicted octanol–water partition coefficient (Wildman–Crippen LogP) is 0.679. The molecule has 1 aliphatic heterocycles. The Hall–Kier alpha value is -0.510. The molecule has 0 aromatic rings. The number of thioether (sulfide) groups is 1. The lowest BCUT2D eigenvalue weighted by Gasteiger charge is -2.00. The summed E-state index contributed by atoms with van der Waals surface area (Å²) in [5.74, 6) is 1.08. The number of hydrogen-bond donors (Lipinski definition) is 0. The Morgan fingerprint density at radius 2 is 2.50 bits per heavy atom. The highest BCUT2D eigenvalue weighted by atomic mass is 32.2. The van der Waals surface area contributed by atoms with Crippen LogP contribution in [-0.2, 0) is 0 Å². The molecule has 0 unspecified atom stereocenters. The molecule has 1 aliphatic rings. The summed E-state index contributed by atoms with van der Waals surface area (Å²) in [5.41, 5.74) is 0. The maximum Gasteiger partial charge on any atom is 0.184 e. The first-order valence-corrected chi connectivity index (χ1v) is 4.15. The maximum absolute atomic E-state index is 4.16. The molecule has 0 amide bonds. The van der Waals surface area contributed by atoms with E-state index in [0.717, 1.165) is 17.5 Å². The number of nitrogens with zero attached hydrogens (tertiary/aromatic N) is 3. The summed E-state index contributed by atoms with van der Waals surface area (Å²) in [6.45, 7) is 0.921. The Labute approximate surface area is 65.2 Å². The molecule has 10 heavy (non-hydrogen) atoms. The highest BCUT2D eigenvalue weighted by Crippen LogP contribution is 2.11. The molecule has 0 fully saturated rings. The lowest BCUT2D eigenvalue weighted by Crippen LogP contribution is -2.08. The zero-order chi connectivity index (χ0) is 7.40. The zero-order valence-corrected chi connectivity index (χ0v) is 7.06. The third-order valence-electron chi connectivity index (χ3n) is 0.969. The molecule has 0 bridgehead atoms. The van der Waals surface area contributed by atoms with Gasteiger partial charge in [-0.05, 0) is 0 Å². The second-order valence-electron chi connectivity index (χ2n) is 2.22. The third kappa shape index (κ3) is 2.39. The van der Waals surface area contributed by atoms with Crippen LogP contribution in [0.25, 0.3) is 0 Å². The average molecular weight is 157 g/mol. The summed E-state index contributed by atoms with van der Waals surface area (Å²) in [6, 6.07) is 0. The molecule has 0 radical (unpaired) electrons. The van der Waals surface area contributed by atoms with Gasteiger partial charge in [0.25, 0.3) is 0 Å². The van der Waals surface area contributed by atoms with Crippen molar-refractivity contribution in [2.45, 2.75) is 0 Å². The zero-order valence-electron chi connectivity index (χ0n) is 6.24. The van der Waals surface area contributed by atoms with Crippen molar-refractivity contribution in [3.63, 3.8) is 0 Å². The summed E-state index contributed by atoms with van der Waals surface area (Å²) in [6.07, 6.45) is 1.77. The molecule has 0 atom stereocenters. The fourth-order valence-corrected chi connectivity index (χ4v) is 1.24. The molecule has 0 N–H and O–H groups in total. The van der Waals surface area contributed by atoms with Gasteiger partial charge in [0.1, 0.15) is 0 Å². The van der Waals surface area contributed by atoms with E-state index in [1.807, 2.05) is 19.0 Å². The molecule has 56 valence electrons. The Kier molecular flexibility index (Phi) is 2.74. The summed E-state index contributed by atoms with van der Waals surface area (Å²) in [5, 5.41) is 0.911. The van der Waals surface area contributed by atoms with Crippen LogP contribution >= 0.6 is 11.8 Å². The van der Waals surface area contributed by atoms with Crippen LogP contribution in [0.1, 0.15) is 0 Å². The highest BCUT2D eigenvalue weighted by molar-refractivity contribution is 8.14. The molecule has 0 aromatic heterocycles. The van der Waals surface area contributed by atoms with Gasteiger partial charge in [-0.3, -0.25) is 4.99 Å². The number of rotatable bonds is 1. The molecule has 0 saturated carbocycles. The topological polar surface area (TPSA) is 28.0 Å². The lowest BCUT2D eigenvalue weighted by atomic mass is 10.8. The number of hydrogen-bond acceptors (Lipinski definition) is 3. The predicted molar refractivity (Wildman–Crippen MR) is 46.9 cm³/mol. The van der Waals surface area contributed by atoms with Gasteiger partial charge in [-0.2, -0.15) is 0 Å². The minimum atomic E-state index is 0.911. The van der Waals surface area contributed by atoms with E-state index in [9.17, 15) is 0 Å². The van der Waals surface area contributed by atoms with Crippen LogP contribution in [0.2, 0.25) is 0 Å². The van der Waals surface area contributed by atoms with E-state index >= 15 is 0 Å². The summed E-state index contributed by atoms with van der Waals surface area (Å²) in [4.78, 5) is 10.2. The molecule has 1 rings (SSSR count). The van der Waals surface area contributed by atoms with Crippen LogP contribution in [-0.4, -0.2) is 42.8 Å². The third-order valence-corrected chi connectivity index (χ3v) is 1.85. The molecule has 0 spiro atoms. The molecular formula is C6H11N3S. The summed E-state index contributed by atoms with van der Waals surface area (Å²) in [7, 11) is 3.90. The standard InChI is InChI=1S/C6H11N3S/c1-9(2)5-8-6-7-3-4-10-6/h5H,3-4H2,1-2H3. The van der Waals surface area contributed by atoms with Gasteiger partial charge < -0.3 is 4.90 Å². The second kappa shape index (κ2) is 3.61. The minimum absolute atomic E-state index is 0.911. The van der Waals surface area contributed by atoms with Crippen molar-refractivity contribution in [3.8, 4) is 0 Å². The van der Waals surface area contributed by atoms with Crippen molar-refractivity contribution in [1.82, 2.24) is 4.90 Å². The van der Waals surface area contributed by atoms with E-state index in [1.165, 1.54) is 0 Å². The quantitative estimate of drug-likeness (QED) is 0.413. The monoisotopic (exact) mass is 157 g/mol. The fourth-order valence-electron chi connectivity index (χ4n) is 0.567. The fraction of sp³-hybridized carbons (Fsp3) is 0.667. The van der Waals surface area contributed by atoms with Crippen LogP contribution in [0.15, 0.2) is 9.98 Å². The van der Waals surface area contributed by atoms with E-state index in [0.29, 0.717) is 0 Å². The first-order valence-electron chi connectivity index (χ1n) is 3.17. The smallest absolute Gasteiger partial charge is 0.184 e. The van der Waals surface area contributed by atoms with Crippen molar-refractivity contribution in [2.75, 3.05) is 26.4 Å². The van der Waals surface area contributed by atoms with E-state index in [2.05, 4.69) is 9.98 Å². The van der Waals surface area contributed by atoms with Crippen LogP contribution < -0.4 is 0 Å². The molecule has 1 heterocycles. The molecule has 4 heteroatoms. The van der Waals surface area contributed by atoms with Crippen molar-refractivity contribution in [2.24, 2.45) is 9.98 Å². The Morgan fingerprint density at radius 3 is 3.00 bits per heavy atom. The number of amidine groups is 1. The van der Waals surface area contributed by atoms with Gasteiger partial charge in [0.05, 0.1) is 12.9 Å².